The van der Waals surface area contributed by atoms with Crippen molar-refractivity contribution in [2.24, 2.45) is 0 Å². The molecule has 0 atom stereocenters. The summed E-state index contributed by atoms with van der Waals surface area (Å²) in [5, 5.41) is 0. The second-order valence-electron chi connectivity index (χ2n) is 7.81. The Balaban J connectivity index is 1.50. The summed E-state index contributed by atoms with van der Waals surface area (Å²) < 4.78 is 54.2. The summed E-state index contributed by atoms with van der Waals surface area (Å²) in [5.74, 6) is -3.22. The molecular formula is C29H21F3O3. The van der Waals surface area contributed by atoms with Crippen molar-refractivity contribution < 1.29 is 27.4 Å². The molecule has 0 radical (unpaired) electrons. The Hall–Kier alpha value is -4.32. The van der Waals surface area contributed by atoms with Gasteiger partial charge in [-0.05, 0) is 48.4 Å². The molecule has 4 rings (SSSR count). The monoisotopic (exact) mass is 474 g/mol. The molecule has 35 heavy (non-hydrogen) atoms. The summed E-state index contributed by atoms with van der Waals surface area (Å²) in [6, 6.07) is 19.8. The van der Waals surface area contributed by atoms with Crippen LogP contribution in [0.4, 0.5) is 13.2 Å². The van der Waals surface area contributed by atoms with E-state index in [1.807, 2.05) is 19.1 Å². The molecular weight excluding hydrogens is 453 g/mol. The van der Waals surface area contributed by atoms with Gasteiger partial charge in [0.1, 0.15) is 12.4 Å². The average molecular weight is 474 g/mol. The zero-order chi connectivity index (χ0) is 24.9. The number of ether oxygens (including phenoxy) is 2. The van der Waals surface area contributed by atoms with Gasteiger partial charge in [-0.1, -0.05) is 66.7 Å². The van der Waals surface area contributed by atoms with Crippen molar-refractivity contribution in [3.8, 4) is 33.8 Å². The highest BCUT2D eigenvalue weighted by molar-refractivity contribution is 5.91. The zero-order valence-corrected chi connectivity index (χ0v) is 18.9. The fourth-order valence-corrected chi connectivity index (χ4v) is 3.49. The first-order valence-electron chi connectivity index (χ1n) is 10.8. The number of halogens is 3. The molecule has 0 heterocycles. The Labute approximate surface area is 201 Å². The van der Waals surface area contributed by atoms with Gasteiger partial charge < -0.3 is 9.47 Å². The summed E-state index contributed by atoms with van der Waals surface area (Å²) in [7, 11) is 0. The van der Waals surface area contributed by atoms with Gasteiger partial charge in [0.2, 0.25) is 0 Å². The Bertz CT molecular complexity index is 1380. The molecule has 176 valence electrons. The Kier molecular flexibility index (Phi) is 7.01. The predicted molar refractivity (Wildman–Crippen MR) is 129 cm³/mol. The first-order valence-corrected chi connectivity index (χ1v) is 10.8. The van der Waals surface area contributed by atoms with Crippen molar-refractivity contribution in [2.45, 2.75) is 6.92 Å². The van der Waals surface area contributed by atoms with Crippen molar-refractivity contribution in [1.29, 1.82) is 0 Å². The third kappa shape index (κ3) is 5.27. The molecule has 0 aromatic heterocycles. The second kappa shape index (κ2) is 10.3. The van der Waals surface area contributed by atoms with E-state index < -0.39 is 23.4 Å². The summed E-state index contributed by atoms with van der Waals surface area (Å²) >= 11 is 0. The van der Waals surface area contributed by atoms with Crippen LogP contribution in [0, 0.1) is 24.4 Å². The number of hydrogen-bond acceptors (Lipinski definition) is 3. The van der Waals surface area contributed by atoms with E-state index in [0.29, 0.717) is 11.1 Å². The summed E-state index contributed by atoms with van der Waals surface area (Å²) in [5.41, 5.74) is 2.26. The highest BCUT2D eigenvalue weighted by atomic mass is 19.2. The maximum absolute atomic E-state index is 14.9. The van der Waals surface area contributed by atoms with Crippen molar-refractivity contribution in [3.05, 3.63) is 120 Å². The number of esters is 1. The van der Waals surface area contributed by atoms with E-state index in [1.54, 1.807) is 12.1 Å². The van der Waals surface area contributed by atoms with Gasteiger partial charge >= 0.3 is 5.97 Å². The number of aryl methyl sites for hydroxylation is 1. The van der Waals surface area contributed by atoms with Crippen LogP contribution in [-0.2, 0) is 0 Å². The minimum absolute atomic E-state index is 0.00246. The van der Waals surface area contributed by atoms with Crippen molar-refractivity contribution in [3.63, 3.8) is 0 Å². The molecule has 0 aliphatic rings. The Morgan fingerprint density at radius 3 is 1.94 bits per heavy atom. The van der Waals surface area contributed by atoms with Gasteiger partial charge in [-0.25, -0.2) is 18.0 Å². The van der Waals surface area contributed by atoms with Crippen LogP contribution in [0.1, 0.15) is 15.9 Å². The van der Waals surface area contributed by atoms with E-state index in [4.69, 9.17) is 9.47 Å². The van der Waals surface area contributed by atoms with E-state index in [0.717, 1.165) is 11.6 Å². The predicted octanol–water partition coefficient (Wildman–Crippen LogP) is 7.53. The molecule has 0 bridgehead atoms. The summed E-state index contributed by atoms with van der Waals surface area (Å²) in [6.45, 7) is 5.54. The van der Waals surface area contributed by atoms with Crippen LogP contribution in [0.5, 0.6) is 11.5 Å². The van der Waals surface area contributed by atoms with Crippen molar-refractivity contribution in [2.75, 3.05) is 6.61 Å². The lowest BCUT2D eigenvalue weighted by Gasteiger charge is -2.11. The maximum atomic E-state index is 14.9. The Morgan fingerprint density at radius 1 is 0.829 bits per heavy atom. The highest BCUT2D eigenvalue weighted by Crippen LogP contribution is 2.32. The number of carbonyl (C=O) groups excluding carboxylic acids is 1. The normalized spacial score (nSPS) is 10.6. The lowest BCUT2D eigenvalue weighted by Crippen LogP contribution is -2.09. The van der Waals surface area contributed by atoms with Crippen molar-refractivity contribution in [1.82, 2.24) is 0 Å². The summed E-state index contributed by atoms with van der Waals surface area (Å²) in [6.07, 6.45) is 1.48. The molecule has 3 nitrogen and oxygen atoms in total. The van der Waals surface area contributed by atoms with Gasteiger partial charge in [0, 0.05) is 11.1 Å². The smallest absolute Gasteiger partial charge is 0.343 e. The molecule has 0 saturated heterocycles. The van der Waals surface area contributed by atoms with Gasteiger partial charge in [0.25, 0.3) is 0 Å². The van der Waals surface area contributed by atoms with Crippen LogP contribution in [0.2, 0.25) is 0 Å². The molecule has 0 spiro atoms. The molecule has 6 heteroatoms. The molecule has 0 amide bonds. The quantitative estimate of drug-likeness (QED) is 0.158. The minimum Gasteiger partial charge on any atom is -0.486 e. The maximum Gasteiger partial charge on any atom is 0.343 e. The average Bonchev–Trinajstić information content (AvgIpc) is 2.86. The minimum atomic E-state index is -0.970. The van der Waals surface area contributed by atoms with E-state index >= 15 is 0 Å². The fraction of sp³-hybridized carbons (Fsp3) is 0.0690. The number of carbonyl (C=O) groups is 1. The van der Waals surface area contributed by atoms with E-state index in [1.165, 1.54) is 54.6 Å². The van der Waals surface area contributed by atoms with Crippen LogP contribution in [-0.4, -0.2) is 12.6 Å². The van der Waals surface area contributed by atoms with Crippen LogP contribution in [0.25, 0.3) is 22.3 Å². The van der Waals surface area contributed by atoms with E-state index in [-0.39, 0.29) is 34.8 Å². The standard InChI is InChI=1S/C29H21F3O3/c1-3-16-34-26-15-10-21(17-25(26)30)29(33)35-22-11-8-20(9-12-22)24-14-13-23(27(31)28(24)32)19-6-4-18(2)5-7-19/h3-15,17H,1,16H2,2H3. The van der Waals surface area contributed by atoms with Crippen LogP contribution >= 0.6 is 0 Å². The lowest BCUT2D eigenvalue weighted by molar-refractivity contribution is 0.0734. The number of hydrogen-bond donors (Lipinski definition) is 0. The topological polar surface area (TPSA) is 35.5 Å². The molecule has 0 N–H and O–H groups in total. The summed E-state index contributed by atoms with van der Waals surface area (Å²) in [4.78, 5) is 12.4. The van der Waals surface area contributed by atoms with Gasteiger partial charge in [-0.15, -0.1) is 0 Å². The number of rotatable bonds is 7. The SMILES string of the molecule is C=CCOc1ccc(C(=O)Oc2ccc(-c3ccc(-c4ccc(C)cc4)c(F)c3F)cc2)cc1F. The third-order valence-electron chi connectivity index (χ3n) is 5.35. The van der Waals surface area contributed by atoms with E-state index in [2.05, 4.69) is 6.58 Å². The Morgan fingerprint density at radius 2 is 1.40 bits per heavy atom. The highest BCUT2D eigenvalue weighted by Gasteiger charge is 2.17. The zero-order valence-electron chi connectivity index (χ0n) is 18.9. The number of benzene rings is 4. The fourth-order valence-electron chi connectivity index (χ4n) is 3.49. The largest absolute Gasteiger partial charge is 0.486 e. The first-order chi connectivity index (χ1) is 16.9. The molecule has 4 aromatic carbocycles. The van der Waals surface area contributed by atoms with Gasteiger partial charge in [-0.2, -0.15) is 0 Å². The van der Waals surface area contributed by atoms with Gasteiger partial charge in [0.05, 0.1) is 5.56 Å². The van der Waals surface area contributed by atoms with E-state index in [9.17, 15) is 18.0 Å². The molecule has 0 fully saturated rings. The van der Waals surface area contributed by atoms with Crippen LogP contribution in [0.15, 0.2) is 91.5 Å². The van der Waals surface area contributed by atoms with Crippen LogP contribution < -0.4 is 9.47 Å². The molecule has 0 unspecified atom stereocenters. The molecule has 0 aliphatic heterocycles. The third-order valence-corrected chi connectivity index (χ3v) is 5.35. The van der Waals surface area contributed by atoms with Gasteiger partial charge in [-0.3, -0.25) is 0 Å². The molecule has 4 aromatic rings. The van der Waals surface area contributed by atoms with Crippen molar-refractivity contribution >= 4 is 5.97 Å². The second-order valence-corrected chi connectivity index (χ2v) is 7.81. The van der Waals surface area contributed by atoms with Crippen LogP contribution in [0.3, 0.4) is 0 Å². The molecule has 0 aliphatic carbocycles. The van der Waals surface area contributed by atoms with Gasteiger partial charge in [0.15, 0.2) is 23.2 Å². The first kappa shape index (κ1) is 23.8. The molecule has 0 saturated carbocycles. The lowest BCUT2D eigenvalue weighted by atomic mass is 9.98.